The maximum atomic E-state index is 9.68. The predicted octanol–water partition coefficient (Wildman–Crippen LogP) is 1.29. The van der Waals surface area contributed by atoms with Crippen molar-refractivity contribution in [2.24, 2.45) is 0 Å². The second kappa shape index (κ2) is 4.59. The standard InChI is InChI=1S/C13H17N3O2/c17-10-13(4-8-18-9-5-13)15-12-3-1-2-11-14-6-7-16(11)12/h1-3,6-7,15,17H,4-5,8-10H2. The summed E-state index contributed by atoms with van der Waals surface area (Å²) in [5.41, 5.74) is 0.622. The predicted molar refractivity (Wildman–Crippen MR) is 68.7 cm³/mol. The molecule has 18 heavy (non-hydrogen) atoms. The number of nitrogens with zero attached hydrogens (tertiary/aromatic N) is 2. The fourth-order valence-corrected chi connectivity index (χ4v) is 2.41. The smallest absolute Gasteiger partial charge is 0.138 e. The number of aliphatic hydroxyl groups excluding tert-OH is 1. The Hall–Kier alpha value is -1.59. The third-order valence-electron chi connectivity index (χ3n) is 3.57. The van der Waals surface area contributed by atoms with Gasteiger partial charge < -0.3 is 15.2 Å². The molecule has 2 aromatic rings. The van der Waals surface area contributed by atoms with Crippen LogP contribution in [0.2, 0.25) is 0 Å². The van der Waals surface area contributed by atoms with E-state index >= 15 is 0 Å². The number of anilines is 1. The van der Waals surface area contributed by atoms with Crippen molar-refractivity contribution in [1.82, 2.24) is 9.38 Å². The Kier molecular flexibility index (Phi) is 2.93. The fraction of sp³-hybridized carbons (Fsp3) is 0.462. The third-order valence-corrected chi connectivity index (χ3v) is 3.57. The molecule has 1 aliphatic rings. The van der Waals surface area contributed by atoms with E-state index in [9.17, 15) is 5.11 Å². The molecule has 3 heterocycles. The molecule has 0 spiro atoms. The third kappa shape index (κ3) is 1.95. The van der Waals surface area contributed by atoms with Crippen LogP contribution in [0, 0.1) is 0 Å². The number of pyridine rings is 1. The molecule has 1 fully saturated rings. The van der Waals surface area contributed by atoms with Crippen LogP contribution in [0.4, 0.5) is 5.82 Å². The van der Waals surface area contributed by atoms with Gasteiger partial charge in [-0.05, 0) is 25.0 Å². The van der Waals surface area contributed by atoms with Crippen LogP contribution < -0.4 is 5.32 Å². The first-order valence-electron chi connectivity index (χ1n) is 6.22. The Balaban J connectivity index is 1.92. The minimum absolute atomic E-state index is 0.113. The first-order chi connectivity index (χ1) is 8.83. The van der Waals surface area contributed by atoms with Crippen molar-refractivity contribution in [1.29, 1.82) is 0 Å². The van der Waals surface area contributed by atoms with E-state index in [4.69, 9.17) is 4.74 Å². The van der Waals surface area contributed by atoms with E-state index in [2.05, 4.69) is 10.3 Å². The van der Waals surface area contributed by atoms with Gasteiger partial charge in [-0.1, -0.05) is 6.07 Å². The Labute approximate surface area is 105 Å². The van der Waals surface area contributed by atoms with Crippen molar-refractivity contribution in [3.05, 3.63) is 30.6 Å². The van der Waals surface area contributed by atoms with Gasteiger partial charge in [0.25, 0.3) is 0 Å². The molecule has 96 valence electrons. The minimum atomic E-state index is -0.281. The van der Waals surface area contributed by atoms with Crippen LogP contribution in [0.1, 0.15) is 12.8 Å². The van der Waals surface area contributed by atoms with Crippen molar-refractivity contribution in [3.8, 4) is 0 Å². The average molecular weight is 247 g/mol. The van der Waals surface area contributed by atoms with Gasteiger partial charge in [-0.25, -0.2) is 4.98 Å². The van der Waals surface area contributed by atoms with E-state index < -0.39 is 0 Å². The zero-order chi connectivity index (χ0) is 12.4. The maximum absolute atomic E-state index is 9.68. The molecule has 5 heteroatoms. The molecule has 0 bridgehead atoms. The van der Waals surface area contributed by atoms with Gasteiger partial charge in [0.2, 0.25) is 0 Å². The first-order valence-corrected chi connectivity index (χ1v) is 6.22. The highest BCUT2D eigenvalue weighted by Gasteiger charge is 2.32. The molecule has 0 aromatic carbocycles. The number of ether oxygens (including phenoxy) is 1. The quantitative estimate of drug-likeness (QED) is 0.858. The topological polar surface area (TPSA) is 58.8 Å². The van der Waals surface area contributed by atoms with Gasteiger partial charge in [-0.2, -0.15) is 0 Å². The van der Waals surface area contributed by atoms with Crippen LogP contribution in [0.3, 0.4) is 0 Å². The summed E-state index contributed by atoms with van der Waals surface area (Å²) in [6, 6.07) is 5.93. The molecule has 0 unspecified atom stereocenters. The second-order valence-electron chi connectivity index (χ2n) is 4.74. The number of hydrogen-bond donors (Lipinski definition) is 2. The van der Waals surface area contributed by atoms with Gasteiger partial charge >= 0.3 is 0 Å². The largest absolute Gasteiger partial charge is 0.394 e. The van der Waals surface area contributed by atoms with Gasteiger partial charge in [0, 0.05) is 25.6 Å². The summed E-state index contributed by atoms with van der Waals surface area (Å²) in [4.78, 5) is 4.26. The number of nitrogens with one attached hydrogen (secondary N) is 1. The normalized spacial score (nSPS) is 18.9. The van der Waals surface area contributed by atoms with E-state index in [0.717, 1.165) is 24.3 Å². The molecule has 0 radical (unpaired) electrons. The second-order valence-corrected chi connectivity index (χ2v) is 4.74. The average Bonchev–Trinajstić information content (AvgIpc) is 2.89. The molecule has 0 amide bonds. The summed E-state index contributed by atoms with van der Waals surface area (Å²) >= 11 is 0. The lowest BCUT2D eigenvalue weighted by molar-refractivity contribution is 0.0378. The molecular weight excluding hydrogens is 230 g/mol. The van der Waals surface area contributed by atoms with Crippen LogP contribution in [0.25, 0.3) is 5.65 Å². The molecule has 2 N–H and O–H groups in total. The number of hydrogen-bond acceptors (Lipinski definition) is 4. The Morgan fingerprint density at radius 1 is 1.39 bits per heavy atom. The number of aliphatic hydroxyl groups is 1. The molecule has 3 rings (SSSR count). The summed E-state index contributed by atoms with van der Waals surface area (Å²) in [5, 5.41) is 13.1. The van der Waals surface area contributed by atoms with Crippen LogP contribution >= 0.6 is 0 Å². The molecule has 1 saturated heterocycles. The van der Waals surface area contributed by atoms with E-state index in [1.165, 1.54) is 0 Å². The summed E-state index contributed by atoms with van der Waals surface area (Å²) in [5.74, 6) is 0.959. The van der Waals surface area contributed by atoms with Crippen molar-refractivity contribution >= 4 is 11.5 Å². The number of rotatable bonds is 3. The zero-order valence-electron chi connectivity index (χ0n) is 10.2. The highest BCUT2D eigenvalue weighted by Crippen LogP contribution is 2.25. The fourth-order valence-electron chi connectivity index (χ4n) is 2.41. The van der Waals surface area contributed by atoms with Gasteiger partial charge in [0.1, 0.15) is 11.5 Å². The monoisotopic (exact) mass is 247 g/mol. The minimum Gasteiger partial charge on any atom is -0.394 e. The SMILES string of the molecule is OCC1(Nc2cccc3nccn23)CCOCC1. The molecule has 0 atom stereocenters. The number of fused-ring (bicyclic) bond motifs is 1. The number of imidazole rings is 1. The van der Waals surface area contributed by atoms with Crippen molar-refractivity contribution in [2.45, 2.75) is 18.4 Å². The first kappa shape index (κ1) is 11.5. The van der Waals surface area contributed by atoms with Gasteiger partial charge in [-0.3, -0.25) is 4.40 Å². The van der Waals surface area contributed by atoms with Crippen LogP contribution in [-0.4, -0.2) is 39.9 Å². The van der Waals surface area contributed by atoms with Gasteiger partial charge in [0.05, 0.1) is 12.1 Å². The Morgan fingerprint density at radius 3 is 3.00 bits per heavy atom. The van der Waals surface area contributed by atoms with Crippen molar-refractivity contribution < 1.29 is 9.84 Å². The molecule has 1 aliphatic heterocycles. The molecule has 0 aliphatic carbocycles. The van der Waals surface area contributed by atoms with E-state index in [1.807, 2.05) is 28.8 Å². The van der Waals surface area contributed by atoms with Crippen LogP contribution in [0.5, 0.6) is 0 Å². The van der Waals surface area contributed by atoms with E-state index in [1.54, 1.807) is 6.20 Å². The van der Waals surface area contributed by atoms with Gasteiger partial charge in [0.15, 0.2) is 0 Å². The lowest BCUT2D eigenvalue weighted by Gasteiger charge is -2.37. The molecular formula is C13H17N3O2. The highest BCUT2D eigenvalue weighted by atomic mass is 16.5. The van der Waals surface area contributed by atoms with E-state index in [0.29, 0.717) is 13.2 Å². The number of aromatic nitrogens is 2. The lowest BCUT2D eigenvalue weighted by atomic mass is 9.91. The summed E-state index contributed by atoms with van der Waals surface area (Å²) in [6.45, 7) is 1.49. The maximum Gasteiger partial charge on any atom is 0.138 e. The highest BCUT2D eigenvalue weighted by molar-refractivity contribution is 5.51. The van der Waals surface area contributed by atoms with Crippen LogP contribution in [-0.2, 0) is 4.74 Å². The summed E-state index contributed by atoms with van der Waals surface area (Å²) < 4.78 is 7.36. The zero-order valence-corrected chi connectivity index (χ0v) is 10.2. The molecule has 0 saturated carbocycles. The summed E-state index contributed by atoms with van der Waals surface area (Å²) in [7, 11) is 0. The Morgan fingerprint density at radius 2 is 2.22 bits per heavy atom. The van der Waals surface area contributed by atoms with Crippen molar-refractivity contribution in [3.63, 3.8) is 0 Å². The van der Waals surface area contributed by atoms with E-state index in [-0.39, 0.29) is 12.1 Å². The molecule has 2 aromatic heterocycles. The van der Waals surface area contributed by atoms with Crippen molar-refractivity contribution in [2.75, 3.05) is 25.1 Å². The molecule has 5 nitrogen and oxygen atoms in total. The van der Waals surface area contributed by atoms with Gasteiger partial charge in [-0.15, -0.1) is 0 Å². The lowest BCUT2D eigenvalue weighted by Crippen LogP contribution is -2.47. The Bertz CT molecular complexity index is 532. The summed E-state index contributed by atoms with van der Waals surface area (Å²) in [6.07, 6.45) is 5.32. The van der Waals surface area contributed by atoms with Crippen LogP contribution in [0.15, 0.2) is 30.6 Å².